The molecule has 0 bridgehead atoms. The molecule has 8 nitrogen and oxygen atoms in total. The van der Waals surface area contributed by atoms with E-state index >= 15 is 0 Å². The lowest BCUT2D eigenvalue weighted by Crippen LogP contribution is -2.03. The van der Waals surface area contributed by atoms with Gasteiger partial charge in [-0.3, -0.25) is 0 Å². The highest BCUT2D eigenvalue weighted by Crippen LogP contribution is 2.41. The predicted octanol–water partition coefficient (Wildman–Crippen LogP) is 5.84. The number of anilines is 1. The zero-order valence-electron chi connectivity index (χ0n) is 20.1. The van der Waals surface area contributed by atoms with Gasteiger partial charge in [-0.15, -0.1) is 0 Å². The van der Waals surface area contributed by atoms with E-state index in [0.29, 0.717) is 41.8 Å². The van der Waals surface area contributed by atoms with Gasteiger partial charge >= 0.3 is 0 Å². The van der Waals surface area contributed by atoms with Crippen molar-refractivity contribution >= 4 is 16.9 Å². The number of hydrogen-bond donors (Lipinski definition) is 1. The van der Waals surface area contributed by atoms with Crippen LogP contribution >= 0.6 is 0 Å². The molecular weight excluding hydrogens is 466 g/mol. The summed E-state index contributed by atoms with van der Waals surface area (Å²) in [5.41, 5.74) is 12.3. The monoisotopic (exact) mass is 489 g/mol. The summed E-state index contributed by atoms with van der Waals surface area (Å²) < 4.78 is 20.0. The maximum absolute atomic E-state index is 9.28. The summed E-state index contributed by atoms with van der Waals surface area (Å²) in [7, 11) is 0. The van der Waals surface area contributed by atoms with E-state index in [1.165, 1.54) is 6.33 Å². The van der Waals surface area contributed by atoms with Gasteiger partial charge in [0.2, 0.25) is 0 Å². The van der Waals surface area contributed by atoms with E-state index in [-0.39, 0.29) is 6.10 Å². The van der Waals surface area contributed by atoms with E-state index in [1.54, 1.807) is 6.07 Å². The lowest BCUT2D eigenvalue weighted by molar-refractivity contribution is 0.0783. The van der Waals surface area contributed by atoms with E-state index in [1.807, 2.05) is 73.7 Å². The van der Waals surface area contributed by atoms with Crippen molar-refractivity contribution < 1.29 is 14.2 Å². The molecule has 0 saturated carbocycles. The molecule has 1 aliphatic rings. The van der Waals surface area contributed by atoms with Crippen LogP contribution in [0.4, 0.5) is 5.82 Å². The first-order valence-corrected chi connectivity index (χ1v) is 11.9. The highest BCUT2D eigenvalue weighted by molar-refractivity contribution is 5.91. The van der Waals surface area contributed by atoms with E-state index in [2.05, 4.69) is 20.6 Å². The van der Waals surface area contributed by atoms with E-state index in [9.17, 15) is 5.26 Å². The summed E-state index contributed by atoms with van der Waals surface area (Å²) in [6.07, 6.45) is 1.43. The molecule has 2 N–H and O–H groups in total. The smallest absolute Gasteiger partial charge is 0.151 e. The summed E-state index contributed by atoms with van der Waals surface area (Å²) >= 11 is 0. The first kappa shape index (κ1) is 22.6. The number of benzene rings is 3. The number of rotatable bonds is 6. The third kappa shape index (κ3) is 4.11. The van der Waals surface area contributed by atoms with Gasteiger partial charge in [0.15, 0.2) is 5.82 Å². The maximum atomic E-state index is 9.28. The number of nitrogens with zero attached hydrogens (tertiary/aromatic N) is 4. The number of ether oxygens (including phenoxy) is 3. The van der Waals surface area contributed by atoms with Gasteiger partial charge in [-0.2, -0.15) is 5.26 Å². The van der Waals surface area contributed by atoms with Crippen LogP contribution in [0.15, 0.2) is 79.1 Å². The molecule has 1 atom stereocenters. The molecule has 1 unspecified atom stereocenters. The van der Waals surface area contributed by atoms with Gasteiger partial charge in [0.1, 0.15) is 41.2 Å². The number of nitrogens with two attached hydrogens (primary N) is 1. The molecule has 0 saturated heterocycles. The second-order valence-electron chi connectivity index (χ2n) is 8.73. The minimum absolute atomic E-state index is 0.0569. The Kier molecular flexibility index (Phi) is 5.68. The zero-order valence-corrected chi connectivity index (χ0v) is 20.1. The first-order chi connectivity index (χ1) is 18.1. The number of aromatic nitrogens is 3. The lowest BCUT2D eigenvalue weighted by Gasteiger charge is -2.12. The van der Waals surface area contributed by atoms with Crippen LogP contribution in [0.1, 0.15) is 35.4 Å². The van der Waals surface area contributed by atoms with Gasteiger partial charge in [0.05, 0.1) is 30.0 Å². The van der Waals surface area contributed by atoms with Gasteiger partial charge in [0.25, 0.3) is 0 Å². The Labute approximate surface area is 213 Å². The summed E-state index contributed by atoms with van der Waals surface area (Å²) in [6, 6.07) is 24.8. The summed E-state index contributed by atoms with van der Waals surface area (Å²) in [5, 5.41) is 9.28. The number of nitrogen functional groups attached to an aromatic ring is 1. The fourth-order valence-corrected chi connectivity index (χ4v) is 4.69. The molecule has 0 fully saturated rings. The molecule has 0 amide bonds. The molecule has 1 aliphatic heterocycles. The maximum Gasteiger partial charge on any atom is 0.151 e. The molecule has 8 heteroatoms. The largest absolute Gasteiger partial charge is 0.489 e. The molecule has 6 rings (SSSR count). The molecule has 37 heavy (non-hydrogen) atoms. The lowest BCUT2D eigenvalue weighted by atomic mass is 10.1. The second kappa shape index (κ2) is 9.30. The fraction of sp³-hybridized carbons (Fsp3) is 0.138. The Morgan fingerprint density at radius 1 is 1.03 bits per heavy atom. The quantitative estimate of drug-likeness (QED) is 0.319. The van der Waals surface area contributed by atoms with Crippen LogP contribution in [0.3, 0.4) is 0 Å². The predicted molar refractivity (Wildman–Crippen MR) is 138 cm³/mol. The minimum Gasteiger partial charge on any atom is -0.489 e. The zero-order chi connectivity index (χ0) is 25.4. The van der Waals surface area contributed by atoms with Crippen molar-refractivity contribution in [1.82, 2.24) is 14.5 Å². The Morgan fingerprint density at radius 2 is 1.84 bits per heavy atom. The highest BCUT2D eigenvalue weighted by Gasteiger charge is 2.30. The van der Waals surface area contributed by atoms with Crippen molar-refractivity contribution in [3.8, 4) is 29.0 Å². The second-order valence-corrected chi connectivity index (χ2v) is 8.73. The third-order valence-electron chi connectivity index (χ3n) is 6.45. The van der Waals surface area contributed by atoms with Crippen LogP contribution in [0.5, 0.6) is 17.2 Å². The van der Waals surface area contributed by atoms with Crippen LogP contribution in [-0.4, -0.2) is 14.5 Å². The Morgan fingerprint density at radius 3 is 2.68 bits per heavy atom. The molecule has 0 radical (unpaired) electrons. The van der Waals surface area contributed by atoms with Crippen molar-refractivity contribution in [2.45, 2.75) is 26.2 Å². The van der Waals surface area contributed by atoms with Crippen LogP contribution in [0.25, 0.3) is 16.7 Å². The van der Waals surface area contributed by atoms with Gasteiger partial charge in [-0.05, 0) is 49.4 Å². The SMILES string of the molecule is CC1OCc2c1c1ncnc(N)c1n2-c1ccc(Oc2cccc(OCc3ccccc3C#N)c2)cc1. The number of fused-ring (bicyclic) bond motifs is 3. The Hall–Kier alpha value is -4.87. The van der Waals surface area contributed by atoms with Crippen molar-refractivity contribution in [3.05, 3.63) is 102 Å². The summed E-state index contributed by atoms with van der Waals surface area (Å²) in [6.45, 7) is 2.80. The molecular formula is C29H23N5O3. The average molecular weight is 490 g/mol. The molecule has 5 aromatic rings. The molecule has 0 aliphatic carbocycles. The standard InChI is InChI=1S/C29H23N5O3/c1-18-26-25(16-35-18)34(28-27(26)32-17-33-29(28)31)21-9-11-22(12-10-21)37-24-8-4-7-23(13-24)36-15-20-6-3-2-5-19(20)14-30/h2-13,17-18H,15-16H2,1H3,(H2,31,32,33). The molecule has 182 valence electrons. The van der Waals surface area contributed by atoms with Gasteiger partial charge in [0, 0.05) is 22.9 Å². The molecule has 2 aromatic heterocycles. The van der Waals surface area contributed by atoms with Crippen LogP contribution in [-0.2, 0) is 18.0 Å². The summed E-state index contributed by atoms with van der Waals surface area (Å²) in [4.78, 5) is 8.70. The highest BCUT2D eigenvalue weighted by atomic mass is 16.5. The van der Waals surface area contributed by atoms with Crippen LogP contribution < -0.4 is 15.2 Å². The van der Waals surface area contributed by atoms with Crippen molar-refractivity contribution in [2.24, 2.45) is 0 Å². The van der Waals surface area contributed by atoms with Crippen molar-refractivity contribution in [1.29, 1.82) is 5.26 Å². The van der Waals surface area contributed by atoms with Gasteiger partial charge in [-0.1, -0.05) is 24.3 Å². The Balaban J connectivity index is 1.23. The van der Waals surface area contributed by atoms with E-state index in [4.69, 9.17) is 19.9 Å². The van der Waals surface area contributed by atoms with Crippen molar-refractivity contribution in [3.63, 3.8) is 0 Å². The van der Waals surface area contributed by atoms with Crippen LogP contribution in [0, 0.1) is 11.3 Å². The molecule has 3 aromatic carbocycles. The molecule has 3 heterocycles. The van der Waals surface area contributed by atoms with E-state index < -0.39 is 0 Å². The van der Waals surface area contributed by atoms with Gasteiger partial charge in [-0.25, -0.2) is 9.97 Å². The minimum atomic E-state index is -0.0569. The fourth-order valence-electron chi connectivity index (χ4n) is 4.69. The van der Waals surface area contributed by atoms with Crippen molar-refractivity contribution in [2.75, 3.05) is 5.73 Å². The normalized spacial score (nSPS) is 14.3. The van der Waals surface area contributed by atoms with Gasteiger partial charge < -0.3 is 24.5 Å². The van der Waals surface area contributed by atoms with Crippen LogP contribution in [0.2, 0.25) is 0 Å². The topological polar surface area (TPSA) is 108 Å². The van der Waals surface area contributed by atoms with E-state index in [0.717, 1.165) is 33.5 Å². The number of hydrogen-bond acceptors (Lipinski definition) is 7. The average Bonchev–Trinajstić information content (AvgIpc) is 3.47. The third-order valence-corrected chi connectivity index (χ3v) is 6.45. The summed E-state index contributed by atoms with van der Waals surface area (Å²) in [5.74, 6) is 2.41. The number of nitriles is 1. The Bertz CT molecular complexity index is 1650. The molecule has 0 spiro atoms. The first-order valence-electron chi connectivity index (χ1n) is 11.9.